The first-order chi connectivity index (χ1) is 13.9. The fourth-order valence-electron chi connectivity index (χ4n) is 2.62. The van der Waals surface area contributed by atoms with E-state index in [0.29, 0.717) is 16.9 Å². The molecule has 8 nitrogen and oxygen atoms in total. The number of aliphatic hydroxyl groups excluding tert-OH is 1. The van der Waals surface area contributed by atoms with Gasteiger partial charge in [-0.2, -0.15) is 0 Å². The molecule has 0 atom stereocenters. The van der Waals surface area contributed by atoms with Crippen LogP contribution in [0.2, 0.25) is 0 Å². The van der Waals surface area contributed by atoms with Gasteiger partial charge in [-0.05, 0) is 36.8 Å². The van der Waals surface area contributed by atoms with Crippen molar-refractivity contribution in [1.29, 1.82) is 0 Å². The zero-order valence-electron chi connectivity index (χ0n) is 16.0. The number of aliphatic hydroxyl groups is 1. The Bertz CT molecular complexity index is 1070. The summed E-state index contributed by atoms with van der Waals surface area (Å²) < 4.78 is 38.9. The van der Waals surface area contributed by atoms with Crippen molar-refractivity contribution in [2.24, 2.45) is 0 Å². The van der Waals surface area contributed by atoms with Crippen LogP contribution >= 0.6 is 0 Å². The standard InChI is InChI=1S/C20H21N3O5S/c1-14-3-9-17(10-4-14)29(25,26)23-19-18(15-5-7-16(27-2)8-6-15)20(22-13-21-19)28-12-11-24/h3-10,13,24H,11-12H2,1-2H3,(H,21,22,23). The van der Waals surface area contributed by atoms with E-state index in [1.807, 2.05) is 6.92 Å². The Kier molecular flexibility index (Phi) is 6.30. The van der Waals surface area contributed by atoms with Gasteiger partial charge in [0, 0.05) is 0 Å². The van der Waals surface area contributed by atoms with E-state index < -0.39 is 10.0 Å². The predicted octanol–water partition coefficient (Wildman–Crippen LogP) is 2.63. The molecule has 2 N–H and O–H groups in total. The molecule has 0 amide bonds. The summed E-state index contributed by atoms with van der Waals surface area (Å²) in [4.78, 5) is 8.33. The molecule has 1 heterocycles. The third-order valence-electron chi connectivity index (χ3n) is 4.08. The Morgan fingerprint density at radius 1 is 1.03 bits per heavy atom. The number of hydrogen-bond acceptors (Lipinski definition) is 7. The van der Waals surface area contributed by atoms with Crippen molar-refractivity contribution >= 4 is 15.8 Å². The monoisotopic (exact) mass is 415 g/mol. The highest BCUT2D eigenvalue weighted by Crippen LogP contribution is 2.35. The number of benzene rings is 2. The molecule has 1 aromatic heterocycles. The van der Waals surface area contributed by atoms with Crippen LogP contribution in [0, 0.1) is 6.92 Å². The van der Waals surface area contributed by atoms with Crippen molar-refractivity contribution in [2.75, 3.05) is 25.0 Å². The Morgan fingerprint density at radius 3 is 2.34 bits per heavy atom. The second-order valence-electron chi connectivity index (χ2n) is 6.12. The average molecular weight is 415 g/mol. The summed E-state index contributed by atoms with van der Waals surface area (Å²) in [7, 11) is -2.33. The number of sulfonamides is 1. The molecule has 3 aromatic rings. The second kappa shape index (κ2) is 8.89. The topological polar surface area (TPSA) is 111 Å². The molecule has 0 unspecified atom stereocenters. The summed E-state index contributed by atoms with van der Waals surface area (Å²) in [5.41, 5.74) is 1.94. The Morgan fingerprint density at radius 2 is 1.72 bits per heavy atom. The van der Waals surface area contributed by atoms with Crippen molar-refractivity contribution in [3.05, 3.63) is 60.4 Å². The van der Waals surface area contributed by atoms with Crippen LogP contribution in [0.4, 0.5) is 5.82 Å². The molecule has 0 aliphatic heterocycles. The van der Waals surface area contributed by atoms with Crippen molar-refractivity contribution in [1.82, 2.24) is 9.97 Å². The third kappa shape index (κ3) is 4.82. The second-order valence-corrected chi connectivity index (χ2v) is 7.80. The molecule has 152 valence electrons. The maximum atomic E-state index is 12.8. The van der Waals surface area contributed by atoms with Crippen LogP contribution in [0.3, 0.4) is 0 Å². The molecule has 0 bridgehead atoms. The van der Waals surface area contributed by atoms with Gasteiger partial charge < -0.3 is 14.6 Å². The van der Waals surface area contributed by atoms with Gasteiger partial charge in [0.1, 0.15) is 18.7 Å². The molecule has 0 spiro atoms. The summed E-state index contributed by atoms with van der Waals surface area (Å²) in [6, 6.07) is 13.4. The van der Waals surface area contributed by atoms with E-state index in [1.165, 1.54) is 18.5 Å². The first-order valence-electron chi connectivity index (χ1n) is 8.77. The number of nitrogens with zero attached hydrogens (tertiary/aromatic N) is 2. The average Bonchev–Trinajstić information content (AvgIpc) is 2.72. The number of methoxy groups -OCH3 is 1. The zero-order valence-corrected chi connectivity index (χ0v) is 16.8. The quantitative estimate of drug-likeness (QED) is 0.582. The zero-order chi connectivity index (χ0) is 20.9. The van der Waals surface area contributed by atoms with Gasteiger partial charge in [0.25, 0.3) is 10.0 Å². The molecule has 0 saturated carbocycles. The van der Waals surface area contributed by atoms with E-state index in [0.717, 1.165) is 5.56 Å². The van der Waals surface area contributed by atoms with Gasteiger partial charge in [-0.15, -0.1) is 0 Å². The van der Waals surface area contributed by atoms with Crippen LogP contribution in [0.25, 0.3) is 11.1 Å². The van der Waals surface area contributed by atoms with Gasteiger partial charge in [-0.3, -0.25) is 4.72 Å². The lowest BCUT2D eigenvalue weighted by molar-refractivity contribution is 0.197. The highest BCUT2D eigenvalue weighted by atomic mass is 32.2. The van der Waals surface area contributed by atoms with Crippen LogP contribution in [-0.4, -0.2) is 43.8 Å². The highest BCUT2D eigenvalue weighted by Gasteiger charge is 2.21. The summed E-state index contributed by atoms with van der Waals surface area (Å²) in [5, 5.41) is 9.09. The number of hydrogen-bond donors (Lipinski definition) is 2. The molecule has 0 saturated heterocycles. The third-order valence-corrected chi connectivity index (χ3v) is 5.44. The number of aromatic nitrogens is 2. The van der Waals surface area contributed by atoms with E-state index in [9.17, 15) is 8.42 Å². The first-order valence-corrected chi connectivity index (χ1v) is 10.3. The maximum Gasteiger partial charge on any atom is 0.263 e. The fraction of sp³-hybridized carbons (Fsp3) is 0.200. The number of ether oxygens (including phenoxy) is 2. The summed E-state index contributed by atoms with van der Waals surface area (Å²) in [6.45, 7) is 1.67. The molecule has 9 heteroatoms. The van der Waals surface area contributed by atoms with Gasteiger partial charge in [-0.1, -0.05) is 29.8 Å². The number of aryl methyl sites for hydroxylation is 1. The van der Waals surface area contributed by atoms with Crippen LogP contribution in [-0.2, 0) is 10.0 Å². The molecule has 0 radical (unpaired) electrons. The molecule has 0 aliphatic carbocycles. The lowest BCUT2D eigenvalue weighted by Crippen LogP contribution is -2.16. The van der Waals surface area contributed by atoms with Gasteiger partial charge in [-0.25, -0.2) is 18.4 Å². The van der Waals surface area contributed by atoms with Crippen LogP contribution < -0.4 is 14.2 Å². The molecule has 29 heavy (non-hydrogen) atoms. The minimum Gasteiger partial charge on any atom is -0.497 e. The largest absolute Gasteiger partial charge is 0.497 e. The van der Waals surface area contributed by atoms with Crippen molar-refractivity contribution in [3.8, 4) is 22.8 Å². The summed E-state index contributed by atoms with van der Waals surface area (Å²) in [5.74, 6) is 0.865. The van der Waals surface area contributed by atoms with Crippen molar-refractivity contribution < 1.29 is 23.0 Å². The summed E-state index contributed by atoms with van der Waals surface area (Å²) >= 11 is 0. The maximum absolute atomic E-state index is 12.8. The minimum atomic E-state index is -3.88. The van der Waals surface area contributed by atoms with Crippen molar-refractivity contribution in [3.63, 3.8) is 0 Å². The lowest BCUT2D eigenvalue weighted by atomic mass is 10.1. The van der Waals surface area contributed by atoms with E-state index in [4.69, 9.17) is 14.6 Å². The number of nitrogens with one attached hydrogen (secondary N) is 1. The Hall–Kier alpha value is -3.17. The minimum absolute atomic E-state index is 0.00429. The van der Waals surface area contributed by atoms with Gasteiger partial charge >= 0.3 is 0 Å². The predicted molar refractivity (Wildman–Crippen MR) is 109 cm³/mol. The first kappa shape index (κ1) is 20.6. The molecule has 3 rings (SSSR count). The van der Waals surface area contributed by atoms with Gasteiger partial charge in [0.05, 0.1) is 24.2 Å². The van der Waals surface area contributed by atoms with E-state index in [2.05, 4.69) is 14.7 Å². The highest BCUT2D eigenvalue weighted by molar-refractivity contribution is 7.92. The van der Waals surface area contributed by atoms with Crippen molar-refractivity contribution in [2.45, 2.75) is 11.8 Å². The number of rotatable bonds is 8. The normalized spacial score (nSPS) is 11.1. The SMILES string of the molecule is COc1ccc(-c2c(NS(=O)(=O)c3ccc(C)cc3)ncnc2OCCO)cc1. The molecule has 2 aromatic carbocycles. The fourth-order valence-corrected chi connectivity index (χ4v) is 3.64. The molecular weight excluding hydrogens is 394 g/mol. The Labute approximate surface area is 169 Å². The van der Waals surface area contributed by atoms with E-state index in [-0.39, 0.29) is 29.8 Å². The van der Waals surface area contributed by atoms with Crippen LogP contribution in [0.1, 0.15) is 5.56 Å². The smallest absolute Gasteiger partial charge is 0.263 e. The molecule has 0 fully saturated rings. The lowest BCUT2D eigenvalue weighted by Gasteiger charge is -2.15. The molecular formula is C20H21N3O5S. The van der Waals surface area contributed by atoms with Gasteiger partial charge in [0.15, 0.2) is 5.82 Å². The van der Waals surface area contributed by atoms with E-state index in [1.54, 1.807) is 43.5 Å². The number of anilines is 1. The Balaban J connectivity index is 2.06. The summed E-state index contributed by atoms with van der Waals surface area (Å²) in [6.07, 6.45) is 1.20. The van der Waals surface area contributed by atoms with Crippen LogP contribution in [0.5, 0.6) is 11.6 Å². The molecule has 0 aliphatic rings. The van der Waals surface area contributed by atoms with Gasteiger partial charge in [0.2, 0.25) is 5.88 Å². The van der Waals surface area contributed by atoms with Crippen LogP contribution in [0.15, 0.2) is 59.8 Å². The van der Waals surface area contributed by atoms with E-state index >= 15 is 0 Å².